The maximum atomic E-state index is 12.7. The molecule has 4 rings (SSSR count). The Morgan fingerprint density at radius 3 is 2.40 bits per heavy atom. The summed E-state index contributed by atoms with van der Waals surface area (Å²) in [7, 11) is 0. The van der Waals surface area contributed by atoms with Crippen molar-refractivity contribution >= 4 is 22.4 Å². The smallest absolute Gasteiger partial charge is 0.257 e. The molecule has 1 atom stereocenters. The van der Waals surface area contributed by atoms with Crippen LogP contribution in [0, 0.1) is 32.1 Å². The Balaban J connectivity index is 1.74. The average Bonchev–Trinajstić information content (AvgIpc) is 3.01. The molecule has 2 aromatic carbocycles. The van der Waals surface area contributed by atoms with Crippen molar-refractivity contribution in [2.75, 3.05) is 11.9 Å². The summed E-state index contributed by atoms with van der Waals surface area (Å²) in [5, 5.41) is 23.8. The van der Waals surface area contributed by atoms with Gasteiger partial charge >= 0.3 is 0 Å². The Kier molecular flexibility index (Phi) is 5.06. The molecule has 2 aromatic heterocycles. The minimum atomic E-state index is -0.715. The van der Waals surface area contributed by atoms with E-state index in [-0.39, 0.29) is 12.1 Å². The molecule has 2 N–H and O–H groups in total. The summed E-state index contributed by atoms with van der Waals surface area (Å²) < 4.78 is 3.43. The number of aromatic nitrogens is 2. The summed E-state index contributed by atoms with van der Waals surface area (Å²) in [6.07, 6.45) is -0.715. The molecule has 6 nitrogen and oxygen atoms in total. The monoisotopic (exact) mass is 400 g/mol. The molecule has 0 spiro atoms. The fourth-order valence-electron chi connectivity index (χ4n) is 4.11. The number of pyridine rings is 1. The zero-order valence-electron chi connectivity index (χ0n) is 17.3. The number of imidazole rings is 1. The Labute approximate surface area is 174 Å². The normalized spacial score (nSPS) is 12.2. The second-order valence-corrected chi connectivity index (χ2v) is 7.82. The van der Waals surface area contributed by atoms with Crippen LogP contribution in [0.3, 0.4) is 0 Å². The number of benzene rings is 2. The highest BCUT2D eigenvalue weighted by molar-refractivity contribution is 5.84. The number of para-hydroxylation sites is 2. The first kappa shape index (κ1) is 19.7. The molecular weight excluding hydrogens is 376 g/mol. The number of nitrogens with one attached hydrogen (secondary N) is 1. The third-order valence-electron chi connectivity index (χ3n) is 5.33. The maximum absolute atomic E-state index is 12.7. The van der Waals surface area contributed by atoms with Gasteiger partial charge in [-0.15, -0.1) is 0 Å². The Morgan fingerprint density at radius 2 is 1.73 bits per heavy atom. The van der Waals surface area contributed by atoms with E-state index in [4.69, 9.17) is 0 Å². The van der Waals surface area contributed by atoms with Crippen molar-refractivity contribution in [2.45, 2.75) is 33.4 Å². The molecule has 0 saturated carbocycles. The molecule has 0 saturated heterocycles. The number of hydrogen-bond acceptors (Lipinski definition) is 4. The Morgan fingerprint density at radius 1 is 1.07 bits per heavy atom. The fourth-order valence-corrected chi connectivity index (χ4v) is 4.11. The summed E-state index contributed by atoms with van der Waals surface area (Å²) in [5.74, 6) is 0. The van der Waals surface area contributed by atoms with Crippen molar-refractivity contribution in [1.29, 1.82) is 5.26 Å². The van der Waals surface area contributed by atoms with Crippen molar-refractivity contribution in [1.82, 2.24) is 8.97 Å². The van der Waals surface area contributed by atoms with Gasteiger partial charge in [-0.05, 0) is 61.7 Å². The summed E-state index contributed by atoms with van der Waals surface area (Å²) >= 11 is 0. The van der Waals surface area contributed by atoms with Crippen LogP contribution in [-0.4, -0.2) is 26.7 Å². The molecule has 0 amide bonds. The van der Waals surface area contributed by atoms with Gasteiger partial charge in [-0.2, -0.15) is 5.26 Å². The first-order valence-electron chi connectivity index (χ1n) is 9.93. The lowest BCUT2D eigenvalue weighted by atomic mass is 10.1. The van der Waals surface area contributed by atoms with Crippen molar-refractivity contribution < 1.29 is 5.11 Å². The van der Waals surface area contributed by atoms with Crippen LogP contribution in [0.1, 0.15) is 22.3 Å². The zero-order valence-corrected chi connectivity index (χ0v) is 17.3. The predicted octanol–water partition coefficient (Wildman–Crippen LogP) is 3.52. The van der Waals surface area contributed by atoms with E-state index in [9.17, 15) is 15.2 Å². The topological polar surface area (TPSA) is 82.5 Å². The van der Waals surface area contributed by atoms with Crippen LogP contribution >= 0.6 is 0 Å². The van der Waals surface area contributed by atoms with Crippen LogP contribution in [0.4, 0.5) is 5.69 Å². The standard InChI is InChI=1S/C24H24N4O2/c1-15-8-16(2)10-18(9-15)26-13-19(29)14-27-21-6-4-5-7-22(21)28-23(30)11-17(3)20(12-25)24(27)28/h4-11,19,26,29H,13-14H2,1-3H3/t19-/m0/s1. The fraction of sp³-hybridized carbons (Fsp3) is 0.250. The molecule has 0 aliphatic heterocycles. The highest BCUT2D eigenvalue weighted by atomic mass is 16.3. The lowest BCUT2D eigenvalue weighted by molar-refractivity contribution is 0.169. The summed E-state index contributed by atoms with van der Waals surface area (Å²) in [5.41, 5.74) is 6.22. The van der Waals surface area contributed by atoms with Crippen molar-refractivity contribution in [3.05, 3.63) is 81.1 Å². The van der Waals surface area contributed by atoms with Gasteiger partial charge < -0.3 is 15.0 Å². The minimum Gasteiger partial charge on any atom is -0.389 e. The molecule has 0 aliphatic rings. The Bertz CT molecular complexity index is 1340. The van der Waals surface area contributed by atoms with Gasteiger partial charge in [0.15, 0.2) is 0 Å². The lowest BCUT2D eigenvalue weighted by Gasteiger charge is -2.16. The average molecular weight is 400 g/mol. The van der Waals surface area contributed by atoms with E-state index in [2.05, 4.69) is 17.5 Å². The van der Waals surface area contributed by atoms with Crippen molar-refractivity contribution in [3.8, 4) is 6.07 Å². The molecule has 0 aliphatic carbocycles. The minimum absolute atomic E-state index is 0.181. The molecule has 0 unspecified atom stereocenters. The summed E-state index contributed by atoms with van der Waals surface area (Å²) in [4.78, 5) is 12.7. The van der Waals surface area contributed by atoms with Crippen LogP contribution in [-0.2, 0) is 6.54 Å². The molecule has 0 bridgehead atoms. The van der Waals surface area contributed by atoms with E-state index >= 15 is 0 Å². The van der Waals surface area contributed by atoms with Crippen LogP contribution in [0.25, 0.3) is 16.7 Å². The molecule has 0 radical (unpaired) electrons. The number of aliphatic hydroxyl groups excluding tert-OH is 1. The van der Waals surface area contributed by atoms with Gasteiger partial charge in [0.1, 0.15) is 11.7 Å². The van der Waals surface area contributed by atoms with Gasteiger partial charge in [0.25, 0.3) is 5.56 Å². The van der Waals surface area contributed by atoms with E-state index in [1.165, 1.54) is 6.07 Å². The summed E-state index contributed by atoms with van der Waals surface area (Å²) in [6.45, 7) is 6.44. The van der Waals surface area contributed by atoms with Gasteiger partial charge in [0.05, 0.1) is 29.2 Å². The third-order valence-corrected chi connectivity index (χ3v) is 5.33. The number of aliphatic hydroxyl groups is 1. The lowest BCUT2D eigenvalue weighted by Crippen LogP contribution is -2.25. The van der Waals surface area contributed by atoms with Crippen LogP contribution in [0.5, 0.6) is 0 Å². The third kappa shape index (κ3) is 3.44. The largest absolute Gasteiger partial charge is 0.389 e. The van der Waals surface area contributed by atoms with Crippen LogP contribution in [0.2, 0.25) is 0 Å². The number of aryl methyl sites for hydroxylation is 3. The quantitative estimate of drug-likeness (QED) is 0.537. The predicted molar refractivity (Wildman–Crippen MR) is 119 cm³/mol. The zero-order chi connectivity index (χ0) is 21.4. The highest BCUT2D eigenvalue weighted by Crippen LogP contribution is 2.24. The number of hydrogen-bond donors (Lipinski definition) is 2. The number of rotatable bonds is 5. The summed E-state index contributed by atoms with van der Waals surface area (Å²) in [6, 6.07) is 17.4. The van der Waals surface area contributed by atoms with E-state index in [1.807, 2.05) is 54.8 Å². The van der Waals surface area contributed by atoms with E-state index < -0.39 is 6.10 Å². The van der Waals surface area contributed by atoms with Gasteiger partial charge in [0.2, 0.25) is 0 Å². The van der Waals surface area contributed by atoms with Crippen LogP contribution < -0.4 is 10.9 Å². The number of fused-ring (bicyclic) bond motifs is 3. The first-order chi connectivity index (χ1) is 14.4. The molecule has 6 heteroatoms. The van der Waals surface area contributed by atoms with Crippen molar-refractivity contribution in [3.63, 3.8) is 0 Å². The second kappa shape index (κ2) is 7.69. The maximum Gasteiger partial charge on any atom is 0.257 e. The molecule has 30 heavy (non-hydrogen) atoms. The molecule has 4 aromatic rings. The van der Waals surface area contributed by atoms with Gasteiger partial charge in [-0.3, -0.25) is 9.20 Å². The number of anilines is 1. The van der Waals surface area contributed by atoms with Crippen LogP contribution in [0.15, 0.2) is 53.3 Å². The van der Waals surface area contributed by atoms with Gasteiger partial charge in [0, 0.05) is 18.3 Å². The van der Waals surface area contributed by atoms with Gasteiger partial charge in [-0.1, -0.05) is 18.2 Å². The SMILES string of the molecule is Cc1cc(C)cc(NC[C@H](O)Cn2c3ccccc3n3c(=O)cc(C)c(C#N)c23)c1. The first-order valence-corrected chi connectivity index (χ1v) is 9.93. The molecule has 0 fully saturated rings. The van der Waals surface area contributed by atoms with E-state index in [1.54, 1.807) is 11.3 Å². The van der Waals surface area contributed by atoms with E-state index in [0.717, 1.165) is 27.8 Å². The number of nitrogens with zero attached hydrogens (tertiary/aromatic N) is 3. The molecular formula is C24H24N4O2. The molecule has 152 valence electrons. The Hall–Kier alpha value is -3.56. The number of nitriles is 1. The molecule has 2 heterocycles. The van der Waals surface area contributed by atoms with Crippen molar-refractivity contribution in [2.24, 2.45) is 0 Å². The second-order valence-electron chi connectivity index (χ2n) is 7.82. The highest BCUT2D eigenvalue weighted by Gasteiger charge is 2.19. The van der Waals surface area contributed by atoms with E-state index in [0.29, 0.717) is 23.3 Å². The van der Waals surface area contributed by atoms with Gasteiger partial charge in [-0.25, -0.2) is 0 Å².